The Kier molecular flexibility index (Phi) is 3.64. The van der Waals surface area contributed by atoms with Crippen molar-refractivity contribution in [2.24, 2.45) is 0 Å². The Balaban J connectivity index is 1.92. The van der Waals surface area contributed by atoms with Gasteiger partial charge >= 0.3 is 5.97 Å². The number of nitrogens with one attached hydrogen (secondary N) is 1. The second-order valence-electron chi connectivity index (χ2n) is 4.26. The van der Waals surface area contributed by atoms with Gasteiger partial charge in [0.15, 0.2) is 0 Å². The minimum Gasteiger partial charge on any atom is -0.459 e. The highest BCUT2D eigenvalue weighted by molar-refractivity contribution is 5.82. The van der Waals surface area contributed by atoms with Crippen LogP contribution >= 0.6 is 0 Å². The van der Waals surface area contributed by atoms with E-state index < -0.39 is 0 Å². The lowest BCUT2D eigenvalue weighted by Crippen LogP contribution is -2.32. The van der Waals surface area contributed by atoms with Gasteiger partial charge in [-0.1, -0.05) is 18.2 Å². The third-order valence-electron chi connectivity index (χ3n) is 2.77. The van der Waals surface area contributed by atoms with Crippen LogP contribution < -0.4 is 5.32 Å². The van der Waals surface area contributed by atoms with E-state index in [0.717, 1.165) is 11.3 Å². The summed E-state index contributed by atoms with van der Waals surface area (Å²) in [6.45, 7) is 2.24. The second-order valence-corrected chi connectivity index (χ2v) is 4.26. The number of hydrogen-bond acceptors (Lipinski definition) is 4. The number of ether oxygens (including phenoxy) is 2. The van der Waals surface area contributed by atoms with Crippen molar-refractivity contribution in [1.82, 2.24) is 0 Å². The highest BCUT2D eigenvalue weighted by Crippen LogP contribution is 2.25. The summed E-state index contributed by atoms with van der Waals surface area (Å²) in [5.41, 5.74) is 2.18. The van der Waals surface area contributed by atoms with Gasteiger partial charge in [-0.25, -0.2) is 4.79 Å². The molecule has 0 aromatic heterocycles. The first-order chi connectivity index (χ1) is 8.20. The van der Waals surface area contributed by atoms with Crippen molar-refractivity contribution in [2.75, 3.05) is 19.0 Å². The molecule has 0 bridgehead atoms. The van der Waals surface area contributed by atoms with Gasteiger partial charge in [0.2, 0.25) is 0 Å². The van der Waals surface area contributed by atoms with E-state index in [2.05, 4.69) is 5.32 Å². The van der Waals surface area contributed by atoms with Crippen molar-refractivity contribution < 1.29 is 14.3 Å². The largest absolute Gasteiger partial charge is 0.459 e. The maximum atomic E-state index is 11.9. The van der Waals surface area contributed by atoms with Gasteiger partial charge in [-0.15, -0.1) is 0 Å². The molecule has 1 aromatic carbocycles. The van der Waals surface area contributed by atoms with Crippen molar-refractivity contribution in [2.45, 2.75) is 25.5 Å². The zero-order valence-corrected chi connectivity index (χ0v) is 10.1. The van der Waals surface area contributed by atoms with E-state index in [1.165, 1.54) is 0 Å². The summed E-state index contributed by atoms with van der Waals surface area (Å²) in [4.78, 5) is 11.9. The average Bonchev–Trinajstić information content (AvgIpc) is 2.72. The van der Waals surface area contributed by atoms with Gasteiger partial charge in [-0.3, -0.25) is 0 Å². The predicted molar refractivity (Wildman–Crippen MR) is 65.0 cm³/mol. The van der Waals surface area contributed by atoms with Crippen molar-refractivity contribution in [3.63, 3.8) is 0 Å². The van der Waals surface area contributed by atoms with Crippen LogP contribution in [0.15, 0.2) is 24.3 Å². The molecule has 2 atom stereocenters. The highest BCUT2D eigenvalue weighted by Gasteiger charge is 2.28. The van der Waals surface area contributed by atoms with Gasteiger partial charge in [0.05, 0.1) is 6.61 Å². The molecule has 1 N–H and O–H groups in total. The van der Waals surface area contributed by atoms with Crippen molar-refractivity contribution in [3.05, 3.63) is 29.8 Å². The van der Waals surface area contributed by atoms with Gasteiger partial charge < -0.3 is 14.8 Å². The first-order valence-electron chi connectivity index (χ1n) is 5.74. The third-order valence-corrected chi connectivity index (χ3v) is 2.77. The van der Waals surface area contributed by atoms with E-state index >= 15 is 0 Å². The van der Waals surface area contributed by atoms with Gasteiger partial charge in [0.25, 0.3) is 0 Å². The molecule has 2 rings (SSSR count). The Bertz CT molecular complexity index is 380. The van der Waals surface area contributed by atoms with Gasteiger partial charge in [-0.05, 0) is 18.6 Å². The molecule has 1 heterocycles. The molecule has 0 saturated heterocycles. The number of benzene rings is 1. The summed E-state index contributed by atoms with van der Waals surface area (Å²) in [5.74, 6) is -0.217. The van der Waals surface area contributed by atoms with Gasteiger partial charge in [0, 0.05) is 19.2 Å². The fraction of sp³-hybridized carbons (Fsp3) is 0.462. The normalized spacial score (nSPS) is 19.3. The van der Waals surface area contributed by atoms with E-state index in [9.17, 15) is 4.79 Å². The average molecular weight is 235 g/mol. The molecule has 92 valence electrons. The minimum atomic E-state index is -0.272. The van der Waals surface area contributed by atoms with Crippen molar-refractivity contribution in [3.8, 4) is 0 Å². The maximum absolute atomic E-state index is 11.9. The van der Waals surface area contributed by atoms with Crippen LogP contribution in [0.25, 0.3) is 0 Å². The van der Waals surface area contributed by atoms with E-state index in [4.69, 9.17) is 9.47 Å². The van der Waals surface area contributed by atoms with Crippen LogP contribution in [0.1, 0.15) is 12.5 Å². The molecule has 0 aliphatic carbocycles. The Morgan fingerprint density at radius 3 is 3.00 bits per heavy atom. The Morgan fingerprint density at radius 2 is 2.29 bits per heavy atom. The van der Waals surface area contributed by atoms with Crippen LogP contribution in [-0.2, 0) is 20.7 Å². The molecule has 0 fully saturated rings. The minimum absolute atomic E-state index is 0.210. The highest BCUT2D eigenvalue weighted by atomic mass is 16.6. The predicted octanol–water partition coefficient (Wildman–Crippen LogP) is 1.60. The Hall–Kier alpha value is -1.55. The molecular weight excluding hydrogens is 218 g/mol. The standard InChI is InChI=1S/C13H17NO3/c1-9(8-16-2)17-13(15)12-7-10-5-3-4-6-11(10)14-12/h3-6,9,12,14H,7-8H2,1-2H3/t9?,12-/m0/s1. The van der Waals surface area contributed by atoms with Gasteiger partial charge in [-0.2, -0.15) is 0 Å². The lowest BCUT2D eigenvalue weighted by atomic mass is 10.1. The summed E-state index contributed by atoms with van der Waals surface area (Å²) >= 11 is 0. The molecule has 1 unspecified atom stereocenters. The summed E-state index contributed by atoms with van der Waals surface area (Å²) in [5, 5.41) is 3.17. The monoisotopic (exact) mass is 235 g/mol. The molecular formula is C13H17NO3. The molecule has 17 heavy (non-hydrogen) atoms. The fourth-order valence-electron chi connectivity index (χ4n) is 1.99. The summed E-state index contributed by atoms with van der Waals surface area (Å²) in [6.07, 6.45) is 0.479. The fourth-order valence-corrected chi connectivity index (χ4v) is 1.99. The second kappa shape index (κ2) is 5.19. The SMILES string of the molecule is COCC(C)OC(=O)[C@@H]1Cc2ccccc2N1. The molecule has 0 spiro atoms. The summed E-state index contributed by atoms with van der Waals surface area (Å²) in [6, 6.07) is 7.65. The first kappa shape index (κ1) is 11.9. The van der Waals surface area contributed by atoms with Crippen LogP contribution in [-0.4, -0.2) is 31.8 Å². The van der Waals surface area contributed by atoms with Crippen LogP contribution in [0.4, 0.5) is 5.69 Å². The van der Waals surface area contributed by atoms with Crippen molar-refractivity contribution >= 4 is 11.7 Å². The summed E-state index contributed by atoms with van der Waals surface area (Å²) < 4.78 is 10.2. The lowest BCUT2D eigenvalue weighted by Gasteiger charge is -2.16. The van der Waals surface area contributed by atoms with Crippen LogP contribution in [0.3, 0.4) is 0 Å². The number of anilines is 1. The number of esters is 1. The molecule has 0 saturated carbocycles. The van der Waals surface area contributed by atoms with E-state index in [0.29, 0.717) is 13.0 Å². The number of carbonyl (C=O) groups excluding carboxylic acids is 1. The topological polar surface area (TPSA) is 47.6 Å². The molecule has 4 nitrogen and oxygen atoms in total. The van der Waals surface area contributed by atoms with Gasteiger partial charge in [0.1, 0.15) is 12.1 Å². The zero-order chi connectivity index (χ0) is 12.3. The molecule has 1 aliphatic rings. The van der Waals surface area contributed by atoms with E-state index in [1.807, 2.05) is 31.2 Å². The zero-order valence-electron chi connectivity index (χ0n) is 10.1. The number of methoxy groups -OCH3 is 1. The third kappa shape index (κ3) is 2.77. The van der Waals surface area contributed by atoms with E-state index in [1.54, 1.807) is 7.11 Å². The van der Waals surface area contributed by atoms with Crippen LogP contribution in [0.5, 0.6) is 0 Å². The molecule has 1 aromatic rings. The summed E-state index contributed by atoms with van der Waals surface area (Å²) in [7, 11) is 1.59. The number of carbonyl (C=O) groups is 1. The lowest BCUT2D eigenvalue weighted by molar-refractivity contribution is -0.151. The quantitative estimate of drug-likeness (QED) is 0.805. The number of hydrogen-bond donors (Lipinski definition) is 1. The number of fused-ring (bicyclic) bond motifs is 1. The smallest absolute Gasteiger partial charge is 0.329 e. The van der Waals surface area contributed by atoms with E-state index in [-0.39, 0.29) is 18.1 Å². The Morgan fingerprint density at radius 1 is 1.53 bits per heavy atom. The number of rotatable bonds is 4. The van der Waals surface area contributed by atoms with Crippen LogP contribution in [0, 0.1) is 0 Å². The Labute approximate surface area is 101 Å². The molecule has 4 heteroatoms. The van der Waals surface area contributed by atoms with Crippen LogP contribution in [0.2, 0.25) is 0 Å². The molecule has 1 aliphatic heterocycles. The maximum Gasteiger partial charge on any atom is 0.329 e. The molecule has 0 amide bonds. The first-order valence-corrected chi connectivity index (χ1v) is 5.74. The molecule has 0 radical (unpaired) electrons. The van der Waals surface area contributed by atoms with Crippen molar-refractivity contribution in [1.29, 1.82) is 0 Å². The number of para-hydroxylation sites is 1.